The predicted octanol–water partition coefficient (Wildman–Crippen LogP) is 5.83. The Labute approximate surface area is 148 Å². The maximum atomic E-state index is 13.3. The van der Waals surface area contributed by atoms with E-state index in [1.165, 1.54) is 12.1 Å². The fraction of sp³-hybridized carbons (Fsp3) is 0.133. The zero-order chi connectivity index (χ0) is 15.1. The number of halogens is 4. The molecule has 21 heavy (non-hydrogen) atoms. The van der Waals surface area contributed by atoms with Crippen molar-refractivity contribution in [2.45, 2.75) is 12.3 Å². The molecule has 0 saturated carbocycles. The lowest BCUT2D eigenvalue weighted by atomic mass is 10.2. The van der Waals surface area contributed by atoms with Gasteiger partial charge in [-0.3, -0.25) is 4.57 Å². The quantitative estimate of drug-likeness (QED) is 0.334. The molecule has 0 spiro atoms. The van der Waals surface area contributed by atoms with Crippen LogP contribution in [0.3, 0.4) is 0 Å². The number of imidazole rings is 1. The van der Waals surface area contributed by atoms with Crippen molar-refractivity contribution in [3.63, 3.8) is 0 Å². The van der Waals surface area contributed by atoms with Crippen molar-refractivity contribution in [1.29, 1.82) is 0 Å². The van der Waals surface area contributed by atoms with Gasteiger partial charge in [0, 0.05) is 8.04 Å². The Hall–Kier alpha value is -0.660. The third-order valence-electron chi connectivity index (χ3n) is 3.15. The number of alkyl halides is 1. The molecular weight excluding hydrogens is 469 g/mol. The molecule has 0 bridgehead atoms. The van der Waals surface area contributed by atoms with Gasteiger partial charge in [0.2, 0.25) is 0 Å². The molecule has 3 aromatic rings. The van der Waals surface area contributed by atoms with E-state index >= 15 is 0 Å². The number of hydrogen-bond acceptors (Lipinski definition) is 1. The highest BCUT2D eigenvalue weighted by atomic mass is 127. The first kappa shape index (κ1) is 15.2. The molecule has 0 fully saturated rings. The molecule has 0 N–H and O–H groups in total. The van der Waals surface area contributed by atoms with Crippen molar-refractivity contribution in [1.82, 2.24) is 9.55 Å². The summed E-state index contributed by atoms with van der Waals surface area (Å²) in [7, 11) is 0. The maximum absolute atomic E-state index is 13.3. The number of hydrogen-bond donors (Lipinski definition) is 0. The molecular formula is C15H10BrClFIN2. The van der Waals surface area contributed by atoms with Crippen LogP contribution in [0.5, 0.6) is 0 Å². The van der Waals surface area contributed by atoms with Crippen LogP contribution in [-0.4, -0.2) is 9.55 Å². The summed E-state index contributed by atoms with van der Waals surface area (Å²) < 4.78 is 17.1. The summed E-state index contributed by atoms with van der Waals surface area (Å²) in [5.74, 6) is 0.450. The lowest BCUT2D eigenvalue weighted by Gasteiger charge is -2.12. The van der Waals surface area contributed by atoms with Crippen LogP contribution in [0, 0.1) is 9.39 Å². The molecule has 3 rings (SSSR count). The van der Waals surface area contributed by atoms with Gasteiger partial charge in [0.05, 0.1) is 22.1 Å². The summed E-state index contributed by atoms with van der Waals surface area (Å²) >= 11 is 11.9. The molecule has 0 aliphatic carbocycles. The number of fused-ring (bicyclic) bond motifs is 1. The average Bonchev–Trinajstić information content (AvgIpc) is 2.77. The number of rotatable bonds is 2. The topological polar surface area (TPSA) is 17.8 Å². The maximum Gasteiger partial charge on any atom is 0.132 e. The average molecular weight is 480 g/mol. The molecule has 0 amide bonds. The van der Waals surface area contributed by atoms with E-state index in [4.69, 9.17) is 11.6 Å². The van der Waals surface area contributed by atoms with E-state index in [9.17, 15) is 4.39 Å². The van der Waals surface area contributed by atoms with Gasteiger partial charge in [0.15, 0.2) is 0 Å². The third kappa shape index (κ3) is 2.83. The summed E-state index contributed by atoms with van der Waals surface area (Å²) in [6, 6.07) is 10.6. The van der Waals surface area contributed by atoms with Crippen molar-refractivity contribution < 1.29 is 4.39 Å². The van der Waals surface area contributed by atoms with Crippen LogP contribution in [0.25, 0.3) is 16.7 Å². The molecule has 108 valence electrons. The van der Waals surface area contributed by atoms with Gasteiger partial charge in [-0.15, -0.1) is 11.6 Å². The van der Waals surface area contributed by atoms with Gasteiger partial charge in [-0.1, -0.05) is 0 Å². The van der Waals surface area contributed by atoms with Crippen LogP contribution < -0.4 is 0 Å². The molecule has 1 unspecified atom stereocenters. The lowest BCUT2D eigenvalue weighted by Crippen LogP contribution is -2.03. The smallest absolute Gasteiger partial charge is 0.132 e. The highest BCUT2D eigenvalue weighted by Gasteiger charge is 2.18. The van der Waals surface area contributed by atoms with E-state index in [1.54, 1.807) is 6.07 Å². The van der Waals surface area contributed by atoms with Crippen LogP contribution >= 0.6 is 50.1 Å². The Bertz CT molecular complexity index is 832. The van der Waals surface area contributed by atoms with Crippen molar-refractivity contribution >= 4 is 61.2 Å². The predicted molar refractivity (Wildman–Crippen MR) is 95.7 cm³/mol. The third-order valence-corrected chi connectivity index (χ3v) is 4.65. The normalized spacial score (nSPS) is 12.8. The van der Waals surface area contributed by atoms with E-state index in [2.05, 4.69) is 43.5 Å². The minimum absolute atomic E-state index is 0.257. The highest BCUT2D eigenvalue weighted by Crippen LogP contribution is 2.32. The summed E-state index contributed by atoms with van der Waals surface area (Å²) in [4.78, 5) is 4.62. The van der Waals surface area contributed by atoms with E-state index in [0.717, 1.165) is 26.1 Å². The molecule has 0 aliphatic heterocycles. The van der Waals surface area contributed by atoms with Gasteiger partial charge in [-0.2, -0.15) is 0 Å². The van der Waals surface area contributed by atoms with Crippen molar-refractivity contribution in [2.75, 3.05) is 0 Å². The van der Waals surface area contributed by atoms with E-state index in [0.29, 0.717) is 4.47 Å². The SMILES string of the molecule is CC(Cl)c1nc2cc(I)ccc2n1-c1ccc(F)cc1Br. The Morgan fingerprint density at radius 1 is 1.29 bits per heavy atom. The molecule has 2 nitrogen and oxygen atoms in total. The van der Waals surface area contributed by atoms with Gasteiger partial charge in [0.1, 0.15) is 11.6 Å². The van der Waals surface area contributed by atoms with Gasteiger partial charge in [0.25, 0.3) is 0 Å². The van der Waals surface area contributed by atoms with Gasteiger partial charge in [-0.25, -0.2) is 9.37 Å². The van der Waals surface area contributed by atoms with Crippen LogP contribution in [0.2, 0.25) is 0 Å². The second kappa shape index (κ2) is 5.85. The molecule has 2 aromatic carbocycles. The molecule has 6 heteroatoms. The molecule has 0 radical (unpaired) electrons. The lowest BCUT2D eigenvalue weighted by molar-refractivity contribution is 0.626. The first-order valence-corrected chi connectivity index (χ1v) is 8.55. The number of aromatic nitrogens is 2. The summed E-state index contributed by atoms with van der Waals surface area (Å²) in [5, 5.41) is -0.257. The first-order chi connectivity index (χ1) is 9.97. The Balaban J connectivity index is 2.36. The first-order valence-electron chi connectivity index (χ1n) is 6.25. The van der Waals surface area contributed by atoms with Gasteiger partial charge in [-0.05, 0) is 81.8 Å². The Kier molecular flexibility index (Phi) is 4.25. The van der Waals surface area contributed by atoms with Gasteiger partial charge >= 0.3 is 0 Å². The molecule has 0 saturated heterocycles. The van der Waals surface area contributed by atoms with E-state index < -0.39 is 0 Å². The number of nitrogens with zero attached hydrogens (tertiary/aromatic N) is 2. The largest absolute Gasteiger partial charge is 0.294 e. The van der Waals surface area contributed by atoms with E-state index in [-0.39, 0.29) is 11.2 Å². The molecule has 1 heterocycles. The second-order valence-corrected chi connectivity index (χ2v) is 7.40. The van der Waals surface area contributed by atoms with Crippen LogP contribution in [0.15, 0.2) is 40.9 Å². The summed E-state index contributed by atoms with van der Waals surface area (Å²) in [6.45, 7) is 1.88. The molecule has 1 aromatic heterocycles. The zero-order valence-electron chi connectivity index (χ0n) is 10.9. The minimum atomic E-state index is -0.287. The fourth-order valence-electron chi connectivity index (χ4n) is 2.25. The highest BCUT2D eigenvalue weighted by molar-refractivity contribution is 14.1. The summed E-state index contributed by atoms with van der Waals surface area (Å²) in [5.41, 5.74) is 2.65. The summed E-state index contributed by atoms with van der Waals surface area (Å²) in [6.07, 6.45) is 0. The number of benzene rings is 2. The van der Waals surface area contributed by atoms with Crippen LogP contribution in [0.1, 0.15) is 18.1 Å². The Morgan fingerprint density at radius 2 is 2.05 bits per heavy atom. The zero-order valence-corrected chi connectivity index (χ0v) is 15.4. The van der Waals surface area contributed by atoms with Crippen molar-refractivity contribution in [3.8, 4) is 5.69 Å². The Morgan fingerprint density at radius 3 is 2.71 bits per heavy atom. The van der Waals surface area contributed by atoms with Crippen molar-refractivity contribution in [3.05, 3.63) is 56.1 Å². The van der Waals surface area contributed by atoms with Crippen LogP contribution in [0.4, 0.5) is 4.39 Å². The molecule has 0 aliphatic rings. The second-order valence-electron chi connectivity index (χ2n) is 4.65. The fourth-order valence-corrected chi connectivity index (χ4v) is 3.40. The monoisotopic (exact) mass is 478 g/mol. The molecule has 1 atom stereocenters. The van der Waals surface area contributed by atoms with Gasteiger partial charge < -0.3 is 0 Å². The van der Waals surface area contributed by atoms with Crippen molar-refractivity contribution in [2.24, 2.45) is 0 Å². The van der Waals surface area contributed by atoms with Crippen LogP contribution in [-0.2, 0) is 0 Å². The minimum Gasteiger partial charge on any atom is -0.294 e. The standard InChI is InChI=1S/C15H10BrClFIN2/c1-8(17)15-20-12-7-10(19)3-5-14(12)21(15)13-4-2-9(18)6-11(13)16/h2-8H,1H3. The van der Waals surface area contributed by atoms with E-state index in [1.807, 2.05) is 29.7 Å².